The lowest BCUT2D eigenvalue weighted by Gasteiger charge is -2.36. The molecule has 4 rings (SSSR count). The van der Waals surface area contributed by atoms with Gasteiger partial charge in [0.15, 0.2) is 0 Å². The van der Waals surface area contributed by atoms with E-state index in [-0.39, 0.29) is 11.9 Å². The molecule has 0 spiro atoms. The number of hydrogen-bond donors (Lipinski definition) is 0. The molecule has 1 fully saturated rings. The summed E-state index contributed by atoms with van der Waals surface area (Å²) < 4.78 is 2.14. The summed E-state index contributed by atoms with van der Waals surface area (Å²) in [6.07, 6.45) is 6.37. The maximum atomic E-state index is 13.1. The van der Waals surface area contributed by atoms with Crippen molar-refractivity contribution in [2.24, 2.45) is 0 Å². The fraction of sp³-hybridized carbons (Fsp3) is 0.304. The Morgan fingerprint density at radius 1 is 1.00 bits per heavy atom. The van der Waals surface area contributed by atoms with Gasteiger partial charge in [-0.3, -0.25) is 4.79 Å². The highest BCUT2D eigenvalue weighted by Crippen LogP contribution is 2.25. The van der Waals surface area contributed by atoms with Crippen molar-refractivity contribution in [2.75, 3.05) is 31.1 Å². The zero-order valence-corrected chi connectivity index (χ0v) is 16.2. The van der Waals surface area contributed by atoms with Crippen LogP contribution in [0.3, 0.4) is 0 Å². The van der Waals surface area contributed by atoms with Crippen LogP contribution >= 0.6 is 0 Å². The highest BCUT2D eigenvalue weighted by molar-refractivity contribution is 5.77. The maximum Gasteiger partial charge on any atom is 0.225 e. The minimum atomic E-state index is 0.0243. The lowest BCUT2D eigenvalue weighted by atomic mass is 10.0. The molecule has 28 heavy (non-hydrogen) atoms. The summed E-state index contributed by atoms with van der Waals surface area (Å²) in [7, 11) is 0. The molecule has 0 N–H and O–H groups in total. The molecule has 1 amide bonds. The zero-order valence-electron chi connectivity index (χ0n) is 16.2. The molecule has 1 aliphatic heterocycles. The number of anilines is 1. The molecule has 2 aromatic heterocycles. The molecule has 1 unspecified atom stereocenters. The minimum Gasteiger partial charge on any atom is -0.353 e. The Hall–Kier alpha value is -3.08. The van der Waals surface area contributed by atoms with Gasteiger partial charge in [0.05, 0.1) is 12.5 Å². The highest BCUT2D eigenvalue weighted by Gasteiger charge is 2.25. The van der Waals surface area contributed by atoms with Gasteiger partial charge in [-0.15, -0.1) is 0 Å². The number of amides is 1. The van der Waals surface area contributed by atoms with Crippen molar-refractivity contribution >= 4 is 11.7 Å². The number of piperazine rings is 1. The third-order valence-electron chi connectivity index (χ3n) is 5.39. The molecule has 0 saturated carbocycles. The molecular weight excluding hydrogens is 348 g/mol. The van der Waals surface area contributed by atoms with Crippen LogP contribution in [-0.2, 0) is 4.79 Å². The molecule has 144 valence electrons. The van der Waals surface area contributed by atoms with Gasteiger partial charge in [-0.05, 0) is 36.8 Å². The SMILES string of the molecule is Cc1cccc(C(CC(=O)N2CCN(c3ccccn3)CC2)n2cccc2)c1. The largest absolute Gasteiger partial charge is 0.353 e. The molecule has 5 nitrogen and oxygen atoms in total. The first-order valence-corrected chi connectivity index (χ1v) is 9.83. The standard InChI is InChI=1S/C23H26N4O/c1-19-7-6-8-20(17-19)21(25-11-4-5-12-25)18-23(28)27-15-13-26(14-16-27)22-9-2-3-10-24-22/h2-12,17,21H,13-16,18H2,1H3. The van der Waals surface area contributed by atoms with Gasteiger partial charge in [0, 0.05) is 44.8 Å². The van der Waals surface area contributed by atoms with Crippen molar-refractivity contribution in [3.05, 3.63) is 84.3 Å². The number of benzene rings is 1. The highest BCUT2D eigenvalue weighted by atomic mass is 16.2. The third-order valence-corrected chi connectivity index (χ3v) is 5.39. The second-order valence-electron chi connectivity index (χ2n) is 7.32. The van der Waals surface area contributed by atoms with Crippen LogP contribution in [0.15, 0.2) is 73.2 Å². The van der Waals surface area contributed by atoms with Gasteiger partial charge in [0.1, 0.15) is 5.82 Å². The van der Waals surface area contributed by atoms with E-state index in [2.05, 4.69) is 45.6 Å². The van der Waals surface area contributed by atoms with Crippen molar-refractivity contribution in [1.82, 2.24) is 14.5 Å². The second-order valence-corrected chi connectivity index (χ2v) is 7.32. The molecule has 1 aliphatic rings. The van der Waals surface area contributed by atoms with E-state index in [1.165, 1.54) is 11.1 Å². The minimum absolute atomic E-state index is 0.0243. The van der Waals surface area contributed by atoms with E-state index in [1.807, 2.05) is 53.8 Å². The summed E-state index contributed by atoms with van der Waals surface area (Å²) in [5, 5.41) is 0. The van der Waals surface area contributed by atoms with E-state index in [9.17, 15) is 4.79 Å². The summed E-state index contributed by atoms with van der Waals surface area (Å²) in [5.74, 6) is 1.19. The van der Waals surface area contributed by atoms with E-state index in [0.717, 1.165) is 32.0 Å². The first kappa shape index (κ1) is 18.3. The normalized spacial score (nSPS) is 15.5. The first-order valence-electron chi connectivity index (χ1n) is 9.83. The summed E-state index contributed by atoms with van der Waals surface area (Å²) in [5.41, 5.74) is 2.39. The van der Waals surface area contributed by atoms with E-state index in [1.54, 1.807) is 0 Å². The average Bonchev–Trinajstić information content (AvgIpc) is 3.27. The van der Waals surface area contributed by atoms with E-state index >= 15 is 0 Å². The Bertz CT molecular complexity index is 899. The van der Waals surface area contributed by atoms with Crippen molar-refractivity contribution in [3.63, 3.8) is 0 Å². The Labute approximate surface area is 166 Å². The van der Waals surface area contributed by atoms with Crippen LogP contribution in [-0.4, -0.2) is 46.5 Å². The molecule has 1 aromatic carbocycles. The monoisotopic (exact) mass is 374 g/mol. The van der Waals surface area contributed by atoms with Gasteiger partial charge in [-0.1, -0.05) is 35.9 Å². The second kappa shape index (κ2) is 8.30. The van der Waals surface area contributed by atoms with Gasteiger partial charge in [0.25, 0.3) is 0 Å². The van der Waals surface area contributed by atoms with Crippen LogP contribution < -0.4 is 4.90 Å². The lowest BCUT2D eigenvalue weighted by Crippen LogP contribution is -2.49. The number of carbonyl (C=O) groups is 1. The van der Waals surface area contributed by atoms with Crippen LogP contribution in [0.25, 0.3) is 0 Å². The lowest BCUT2D eigenvalue weighted by molar-refractivity contribution is -0.132. The van der Waals surface area contributed by atoms with Crippen LogP contribution in [0.4, 0.5) is 5.82 Å². The van der Waals surface area contributed by atoms with Crippen LogP contribution in [0.1, 0.15) is 23.6 Å². The van der Waals surface area contributed by atoms with E-state index in [0.29, 0.717) is 6.42 Å². The Morgan fingerprint density at radius 3 is 2.46 bits per heavy atom. The number of aryl methyl sites for hydroxylation is 1. The van der Waals surface area contributed by atoms with E-state index < -0.39 is 0 Å². The van der Waals surface area contributed by atoms with Gasteiger partial charge in [-0.2, -0.15) is 0 Å². The molecule has 0 radical (unpaired) electrons. The quantitative estimate of drug-likeness (QED) is 0.686. The molecule has 3 heterocycles. The first-order chi connectivity index (χ1) is 13.7. The van der Waals surface area contributed by atoms with Crippen molar-refractivity contribution < 1.29 is 4.79 Å². The molecule has 1 saturated heterocycles. The number of nitrogens with zero attached hydrogens (tertiary/aromatic N) is 4. The summed E-state index contributed by atoms with van der Waals surface area (Å²) in [6, 6.07) is 18.5. The molecule has 1 atom stereocenters. The van der Waals surface area contributed by atoms with Gasteiger partial charge < -0.3 is 14.4 Å². The Kier molecular flexibility index (Phi) is 5.42. The van der Waals surface area contributed by atoms with Gasteiger partial charge in [-0.25, -0.2) is 4.98 Å². The topological polar surface area (TPSA) is 41.4 Å². The fourth-order valence-corrected chi connectivity index (χ4v) is 3.85. The molecule has 3 aromatic rings. The number of aromatic nitrogens is 2. The predicted molar refractivity (Wildman–Crippen MR) is 111 cm³/mol. The maximum absolute atomic E-state index is 13.1. The summed E-state index contributed by atoms with van der Waals surface area (Å²) in [6.45, 7) is 5.21. The number of pyridine rings is 1. The van der Waals surface area contributed by atoms with E-state index in [4.69, 9.17) is 0 Å². The van der Waals surface area contributed by atoms with Crippen molar-refractivity contribution in [3.8, 4) is 0 Å². The average molecular weight is 374 g/mol. The predicted octanol–water partition coefficient (Wildman–Crippen LogP) is 3.52. The Balaban J connectivity index is 1.44. The molecule has 5 heteroatoms. The summed E-state index contributed by atoms with van der Waals surface area (Å²) >= 11 is 0. The molecule has 0 bridgehead atoms. The smallest absolute Gasteiger partial charge is 0.225 e. The summed E-state index contributed by atoms with van der Waals surface area (Å²) in [4.78, 5) is 21.7. The molecular formula is C23H26N4O. The number of carbonyl (C=O) groups excluding carboxylic acids is 1. The number of hydrogen-bond acceptors (Lipinski definition) is 3. The van der Waals surface area contributed by atoms with Crippen LogP contribution in [0.5, 0.6) is 0 Å². The number of rotatable bonds is 5. The van der Waals surface area contributed by atoms with Crippen molar-refractivity contribution in [2.45, 2.75) is 19.4 Å². The van der Waals surface area contributed by atoms with Gasteiger partial charge >= 0.3 is 0 Å². The Morgan fingerprint density at radius 2 is 1.79 bits per heavy atom. The fourth-order valence-electron chi connectivity index (χ4n) is 3.85. The third kappa shape index (κ3) is 4.09. The van der Waals surface area contributed by atoms with Crippen LogP contribution in [0.2, 0.25) is 0 Å². The van der Waals surface area contributed by atoms with Gasteiger partial charge in [0.2, 0.25) is 5.91 Å². The zero-order chi connectivity index (χ0) is 19.3. The molecule has 0 aliphatic carbocycles. The van der Waals surface area contributed by atoms with Crippen LogP contribution in [0, 0.1) is 6.92 Å². The van der Waals surface area contributed by atoms with Crippen molar-refractivity contribution in [1.29, 1.82) is 0 Å².